The van der Waals surface area contributed by atoms with Crippen LogP contribution in [-0.2, 0) is 10.0 Å². The smallest absolute Gasteiger partial charge is 0.257 e. The first-order valence-electron chi connectivity index (χ1n) is 12.2. The molecule has 35 heavy (non-hydrogen) atoms. The van der Waals surface area contributed by atoms with Crippen molar-refractivity contribution in [3.8, 4) is 11.5 Å². The number of aryl methyl sites for hydroxylation is 1. The molecule has 1 saturated heterocycles. The number of benzene rings is 2. The molecule has 1 N–H and O–H groups in total. The number of carbonyl (C=O) groups excluding carboxylic acids is 1. The molecule has 192 valence electrons. The summed E-state index contributed by atoms with van der Waals surface area (Å²) in [5, 5.41) is 0. The number of hydrogen-bond donors (Lipinski definition) is 1. The van der Waals surface area contributed by atoms with Crippen LogP contribution in [0.2, 0.25) is 0 Å². The van der Waals surface area contributed by atoms with E-state index in [9.17, 15) is 13.2 Å². The number of methoxy groups -OCH3 is 2. The molecule has 0 bridgehead atoms. The monoisotopic (exact) mass is 502 g/mol. The summed E-state index contributed by atoms with van der Waals surface area (Å²) < 4.78 is 40.4. The Morgan fingerprint density at radius 3 is 2.20 bits per heavy atom. The fourth-order valence-corrected chi connectivity index (χ4v) is 5.83. The van der Waals surface area contributed by atoms with Crippen LogP contribution in [0, 0.1) is 12.8 Å². The molecule has 8 heteroatoms. The van der Waals surface area contributed by atoms with Crippen LogP contribution in [0.25, 0.3) is 0 Å². The molecular weight excluding hydrogens is 464 g/mol. The second-order valence-corrected chi connectivity index (χ2v) is 11.5. The van der Waals surface area contributed by atoms with Crippen LogP contribution < -0.4 is 14.2 Å². The number of piperidine rings is 1. The molecule has 0 radical (unpaired) electrons. The van der Waals surface area contributed by atoms with Gasteiger partial charge in [0, 0.05) is 19.1 Å². The Morgan fingerprint density at radius 2 is 1.63 bits per heavy atom. The molecule has 0 spiro atoms. The lowest BCUT2D eigenvalue weighted by Gasteiger charge is -2.30. The van der Waals surface area contributed by atoms with E-state index in [4.69, 9.17) is 9.47 Å². The molecule has 0 saturated carbocycles. The Labute approximate surface area is 209 Å². The number of hydrogen-bond acceptors (Lipinski definition) is 5. The minimum absolute atomic E-state index is 0.0362. The van der Waals surface area contributed by atoms with Crippen LogP contribution in [0.15, 0.2) is 35.2 Å². The van der Waals surface area contributed by atoms with Crippen molar-refractivity contribution in [3.63, 3.8) is 0 Å². The number of carbonyl (C=O) groups is 1. The maximum Gasteiger partial charge on any atom is 0.257 e. The highest BCUT2D eigenvalue weighted by Crippen LogP contribution is 2.33. The predicted octanol–water partition coefficient (Wildman–Crippen LogP) is 5.05. The van der Waals surface area contributed by atoms with Gasteiger partial charge in [-0.25, -0.2) is 13.1 Å². The molecule has 0 aliphatic carbocycles. The van der Waals surface area contributed by atoms with E-state index in [1.54, 1.807) is 18.1 Å². The van der Waals surface area contributed by atoms with Crippen molar-refractivity contribution in [1.82, 2.24) is 9.62 Å². The van der Waals surface area contributed by atoms with E-state index in [1.807, 2.05) is 26.0 Å². The summed E-state index contributed by atoms with van der Waals surface area (Å²) in [7, 11) is -0.779. The van der Waals surface area contributed by atoms with Crippen molar-refractivity contribution in [2.45, 2.75) is 64.3 Å². The van der Waals surface area contributed by atoms with Gasteiger partial charge in [0.2, 0.25) is 10.0 Å². The van der Waals surface area contributed by atoms with Crippen molar-refractivity contribution in [2.75, 3.05) is 27.3 Å². The van der Waals surface area contributed by atoms with Crippen LogP contribution in [0.3, 0.4) is 0 Å². The molecule has 2 aromatic rings. The Bertz CT molecular complexity index is 1170. The van der Waals surface area contributed by atoms with Crippen LogP contribution in [-0.4, -0.2) is 46.5 Å². The molecule has 1 amide bonds. The van der Waals surface area contributed by atoms with E-state index >= 15 is 0 Å². The van der Waals surface area contributed by atoms with E-state index in [0.717, 1.165) is 35.3 Å². The fourth-order valence-electron chi connectivity index (χ4n) is 4.58. The third kappa shape index (κ3) is 5.98. The van der Waals surface area contributed by atoms with E-state index in [-0.39, 0.29) is 22.3 Å². The average Bonchev–Trinajstić information content (AvgIpc) is 2.82. The Morgan fingerprint density at radius 1 is 1.00 bits per heavy atom. The van der Waals surface area contributed by atoms with Gasteiger partial charge in [-0.15, -0.1) is 0 Å². The van der Waals surface area contributed by atoms with Gasteiger partial charge in [-0.05, 0) is 85.5 Å². The van der Waals surface area contributed by atoms with Gasteiger partial charge in [0.25, 0.3) is 5.91 Å². The number of nitrogens with one attached hydrogen (secondary N) is 1. The Hall–Kier alpha value is -2.58. The predicted molar refractivity (Wildman–Crippen MR) is 138 cm³/mol. The molecule has 7 nitrogen and oxygen atoms in total. The van der Waals surface area contributed by atoms with Crippen molar-refractivity contribution in [2.24, 2.45) is 5.92 Å². The summed E-state index contributed by atoms with van der Waals surface area (Å²) in [5.74, 6) is 1.76. The molecule has 2 aromatic carbocycles. The van der Waals surface area contributed by atoms with Gasteiger partial charge in [0.05, 0.1) is 24.7 Å². The number of nitrogens with zero attached hydrogens (tertiary/aromatic N) is 1. The third-order valence-electron chi connectivity index (χ3n) is 6.82. The molecule has 1 aliphatic rings. The second-order valence-electron chi connectivity index (χ2n) is 9.79. The van der Waals surface area contributed by atoms with Crippen LogP contribution >= 0.6 is 0 Å². The molecule has 0 unspecified atom stereocenters. The molecule has 1 aliphatic heterocycles. The molecule has 1 heterocycles. The minimum Gasteiger partial charge on any atom is -0.496 e. The van der Waals surface area contributed by atoms with Gasteiger partial charge in [-0.2, -0.15) is 0 Å². The van der Waals surface area contributed by atoms with Gasteiger partial charge in [0.1, 0.15) is 11.5 Å². The van der Waals surface area contributed by atoms with Crippen molar-refractivity contribution in [1.29, 1.82) is 0 Å². The zero-order valence-electron chi connectivity index (χ0n) is 21.8. The molecule has 0 aromatic heterocycles. The lowest BCUT2D eigenvalue weighted by Crippen LogP contribution is -2.38. The van der Waals surface area contributed by atoms with Gasteiger partial charge in [-0.1, -0.05) is 20.8 Å². The number of likely N-dealkylation sites (tertiary alicyclic amines) is 1. The first-order valence-corrected chi connectivity index (χ1v) is 13.6. The van der Waals surface area contributed by atoms with Gasteiger partial charge < -0.3 is 14.4 Å². The SMILES string of the molecule is COc1ccc(S(=O)(=O)N[C@@H](C)c2cc(C(C)C)c(OC)cc2C)cc1C(=O)N1CCC(C)CC1. The molecule has 3 rings (SSSR count). The van der Waals surface area contributed by atoms with Crippen molar-refractivity contribution >= 4 is 15.9 Å². The number of amides is 1. The summed E-state index contributed by atoms with van der Waals surface area (Å²) in [5.41, 5.74) is 3.10. The zero-order chi connectivity index (χ0) is 25.9. The van der Waals surface area contributed by atoms with E-state index in [1.165, 1.54) is 19.2 Å². The standard InChI is InChI=1S/C27H38N2O5S/c1-17(2)22-16-23(19(4)14-26(22)34-7)20(5)28-35(31,32)21-8-9-25(33-6)24(15-21)27(30)29-12-10-18(3)11-13-29/h8-9,14-18,20,28H,10-13H2,1-7H3/t20-/m0/s1. The quantitative estimate of drug-likeness (QED) is 0.546. The highest BCUT2D eigenvalue weighted by molar-refractivity contribution is 7.89. The van der Waals surface area contributed by atoms with E-state index in [0.29, 0.717) is 24.8 Å². The summed E-state index contributed by atoms with van der Waals surface area (Å²) in [6, 6.07) is 7.92. The zero-order valence-corrected chi connectivity index (χ0v) is 22.7. The van der Waals surface area contributed by atoms with Gasteiger partial charge in [-0.3, -0.25) is 4.79 Å². The maximum atomic E-state index is 13.4. The average molecular weight is 503 g/mol. The summed E-state index contributed by atoms with van der Waals surface area (Å²) in [4.78, 5) is 15.0. The number of ether oxygens (including phenoxy) is 2. The third-order valence-corrected chi connectivity index (χ3v) is 8.36. The highest BCUT2D eigenvalue weighted by atomic mass is 32.2. The van der Waals surface area contributed by atoms with E-state index < -0.39 is 16.1 Å². The van der Waals surface area contributed by atoms with Crippen LogP contribution in [0.4, 0.5) is 0 Å². The highest BCUT2D eigenvalue weighted by Gasteiger charge is 2.27. The van der Waals surface area contributed by atoms with Crippen molar-refractivity contribution in [3.05, 3.63) is 52.6 Å². The second kappa shape index (κ2) is 11.0. The summed E-state index contributed by atoms with van der Waals surface area (Å²) in [6.45, 7) is 11.4. The normalized spacial score (nSPS) is 15.8. The first kappa shape index (κ1) is 27.0. The lowest BCUT2D eigenvalue weighted by molar-refractivity contribution is 0.0693. The Balaban J connectivity index is 1.90. The minimum atomic E-state index is -3.90. The number of rotatable bonds is 8. The summed E-state index contributed by atoms with van der Waals surface area (Å²) in [6.07, 6.45) is 1.87. The Kier molecular flexibility index (Phi) is 8.49. The van der Waals surface area contributed by atoms with Crippen LogP contribution in [0.1, 0.15) is 79.5 Å². The topological polar surface area (TPSA) is 84.9 Å². The van der Waals surface area contributed by atoms with Crippen LogP contribution in [0.5, 0.6) is 11.5 Å². The number of sulfonamides is 1. The fraction of sp³-hybridized carbons (Fsp3) is 0.519. The van der Waals surface area contributed by atoms with E-state index in [2.05, 4.69) is 25.5 Å². The largest absolute Gasteiger partial charge is 0.496 e. The lowest BCUT2D eigenvalue weighted by atomic mass is 9.94. The van der Waals surface area contributed by atoms with Crippen molar-refractivity contribution < 1.29 is 22.7 Å². The molecule has 1 atom stereocenters. The molecule has 1 fully saturated rings. The maximum absolute atomic E-state index is 13.4. The first-order chi connectivity index (χ1) is 16.5. The van der Waals surface area contributed by atoms with Gasteiger partial charge in [0.15, 0.2) is 0 Å². The molecular formula is C27H38N2O5S. The summed E-state index contributed by atoms with van der Waals surface area (Å²) >= 11 is 0. The van der Waals surface area contributed by atoms with Gasteiger partial charge >= 0.3 is 0 Å².